The number of hydrogen-bond donors (Lipinski definition) is 2. The number of hydrogen-bond acceptors (Lipinski definition) is 4. The van der Waals surface area contributed by atoms with Crippen LogP contribution >= 0.6 is 23.4 Å². The molecule has 2 unspecified atom stereocenters. The fraction of sp³-hybridized carbons (Fsp3) is 0.353. The number of halogens is 1. The number of nitrogens with one attached hydrogen (secondary N) is 1. The number of alkyl halides is 1. The van der Waals surface area contributed by atoms with E-state index in [0.717, 1.165) is 11.1 Å². The van der Waals surface area contributed by atoms with E-state index in [1.807, 2.05) is 24.3 Å². The number of carboxylic acid groups (broad SMARTS) is 1. The molecule has 2 amide bonds. The first-order valence-electron chi connectivity index (χ1n) is 7.73. The minimum atomic E-state index is -1.11. The highest BCUT2D eigenvalue weighted by Crippen LogP contribution is 2.40. The van der Waals surface area contributed by atoms with Crippen molar-refractivity contribution in [2.24, 2.45) is 0 Å². The third-order valence-corrected chi connectivity index (χ3v) is 5.95. The summed E-state index contributed by atoms with van der Waals surface area (Å²) in [6, 6.07) is 6.69. The Labute approximate surface area is 154 Å². The second kappa shape index (κ2) is 7.09. The molecule has 1 aromatic carbocycles. The summed E-state index contributed by atoms with van der Waals surface area (Å²) < 4.78 is 0. The van der Waals surface area contributed by atoms with Crippen molar-refractivity contribution in [3.8, 4) is 0 Å². The molecule has 6 nitrogen and oxygen atoms in total. The Morgan fingerprint density at radius 2 is 1.96 bits per heavy atom. The van der Waals surface area contributed by atoms with Crippen molar-refractivity contribution in [1.29, 1.82) is 0 Å². The fourth-order valence-corrected chi connectivity index (χ4v) is 4.40. The Balaban J connectivity index is 1.63. The van der Waals surface area contributed by atoms with Gasteiger partial charge in [-0.15, -0.1) is 23.4 Å². The number of rotatable bonds is 5. The largest absolute Gasteiger partial charge is 0.477 e. The van der Waals surface area contributed by atoms with Crippen molar-refractivity contribution in [2.45, 2.75) is 30.6 Å². The van der Waals surface area contributed by atoms with Crippen molar-refractivity contribution in [2.75, 3.05) is 5.75 Å². The molecule has 2 aliphatic heterocycles. The molecule has 132 valence electrons. The highest BCUT2D eigenvalue weighted by molar-refractivity contribution is 8.00. The van der Waals surface area contributed by atoms with Crippen LogP contribution < -0.4 is 5.32 Å². The Kier molecular flexibility index (Phi) is 5.06. The van der Waals surface area contributed by atoms with E-state index in [2.05, 4.69) is 5.32 Å². The standard InChI is InChI=1S/C17H17ClN2O4S/c1-9-8-25-16-13(15(22)20(16)14(9)17(23)24)19-12(21)6-10-2-4-11(7-18)5-3-10/h2-5,13,16H,6-8H2,1H3,(H,19,21)(H,23,24). The summed E-state index contributed by atoms with van der Waals surface area (Å²) in [6.07, 6.45) is 0.157. The van der Waals surface area contributed by atoms with E-state index in [9.17, 15) is 19.5 Å². The summed E-state index contributed by atoms with van der Waals surface area (Å²) in [5.74, 6) is -0.806. The number of thioether (sulfide) groups is 1. The molecule has 3 rings (SSSR count). The molecule has 0 aromatic heterocycles. The smallest absolute Gasteiger partial charge is 0.352 e. The van der Waals surface area contributed by atoms with Crippen LogP contribution in [-0.2, 0) is 26.7 Å². The number of benzene rings is 1. The van der Waals surface area contributed by atoms with Gasteiger partial charge < -0.3 is 10.4 Å². The molecule has 0 spiro atoms. The van der Waals surface area contributed by atoms with Gasteiger partial charge in [-0.2, -0.15) is 0 Å². The van der Waals surface area contributed by atoms with E-state index in [1.165, 1.54) is 16.7 Å². The molecule has 0 radical (unpaired) electrons. The average molecular weight is 381 g/mol. The van der Waals surface area contributed by atoms with E-state index in [-0.39, 0.29) is 29.3 Å². The average Bonchev–Trinajstić information content (AvgIpc) is 2.59. The topological polar surface area (TPSA) is 86.7 Å². The Hall–Kier alpha value is -1.99. The number of amides is 2. The summed E-state index contributed by atoms with van der Waals surface area (Å²) in [4.78, 5) is 37.2. The zero-order valence-electron chi connectivity index (χ0n) is 13.5. The van der Waals surface area contributed by atoms with Crippen LogP contribution in [0.5, 0.6) is 0 Å². The Bertz CT molecular complexity index is 762. The van der Waals surface area contributed by atoms with E-state index in [4.69, 9.17) is 11.6 Å². The maximum Gasteiger partial charge on any atom is 0.352 e. The molecular formula is C17H17ClN2O4S. The van der Waals surface area contributed by atoms with Gasteiger partial charge in [0.25, 0.3) is 5.91 Å². The van der Waals surface area contributed by atoms with Gasteiger partial charge in [0.2, 0.25) is 5.91 Å². The van der Waals surface area contributed by atoms with Crippen LogP contribution in [-0.4, -0.2) is 45.0 Å². The van der Waals surface area contributed by atoms with Crippen LogP contribution in [0, 0.1) is 0 Å². The number of carbonyl (C=O) groups is 3. The van der Waals surface area contributed by atoms with E-state index >= 15 is 0 Å². The van der Waals surface area contributed by atoms with Crippen LogP contribution in [0.25, 0.3) is 0 Å². The number of carboxylic acids is 1. The van der Waals surface area contributed by atoms with Gasteiger partial charge in [-0.1, -0.05) is 24.3 Å². The predicted octanol–water partition coefficient (Wildman–Crippen LogP) is 1.73. The first-order chi connectivity index (χ1) is 11.9. The molecule has 2 heterocycles. The number of carbonyl (C=O) groups excluding carboxylic acids is 2. The quantitative estimate of drug-likeness (QED) is 0.600. The van der Waals surface area contributed by atoms with Crippen molar-refractivity contribution >= 4 is 41.1 Å². The van der Waals surface area contributed by atoms with Gasteiger partial charge in [-0.25, -0.2) is 4.79 Å². The van der Waals surface area contributed by atoms with Gasteiger partial charge in [0.05, 0.1) is 6.42 Å². The number of aliphatic carboxylic acids is 1. The van der Waals surface area contributed by atoms with Gasteiger partial charge >= 0.3 is 5.97 Å². The molecule has 0 bridgehead atoms. The molecule has 2 atom stereocenters. The van der Waals surface area contributed by atoms with E-state index in [0.29, 0.717) is 17.2 Å². The molecule has 1 saturated heterocycles. The summed E-state index contributed by atoms with van der Waals surface area (Å²) in [5.41, 5.74) is 2.49. The summed E-state index contributed by atoms with van der Waals surface area (Å²) in [6.45, 7) is 1.70. The Morgan fingerprint density at radius 1 is 1.32 bits per heavy atom. The SMILES string of the molecule is CC1=C(C(=O)O)N2C(=O)C(NC(=O)Cc3ccc(CCl)cc3)C2SC1. The molecule has 1 aromatic rings. The molecule has 25 heavy (non-hydrogen) atoms. The first-order valence-corrected chi connectivity index (χ1v) is 9.31. The lowest BCUT2D eigenvalue weighted by atomic mass is 10.0. The van der Waals surface area contributed by atoms with E-state index < -0.39 is 12.0 Å². The molecule has 2 N–H and O–H groups in total. The third-order valence-electron chi connectivity index (χ3n) is 4.22. The van der Waals surface area contributed by atoms with Gasteiger partial charge in [-0.05, 0) is 23.6 Å². The lowest BCUT2D eigenvalue weighted by molar-refractivity contribution is -0.150. The first kappa shape index (κ1) is 17.8. The predicted molar refractivity (Wildman–Crippen MR) is 95.1 cm³/mol. The molecule has 2 aliphatic rings. The zero-order valence-corrected chi connectivity index (χ0v) is 15.1. The van der Waals surface area contributed by atoms with Gasteiger partial charge in [0, 0.05) is 11.6 Å². The van der Waals surface area contributed by atoms with Gasteiger partial charge in [0.1, 0.15) is 17.1 Å². The maximum atomic E-state index is 12.3. The van der Waals surface area contributed by atoms with Crippen molar-refractivity contribution < 1.29 is 19.5 Å². The van der Waals surface area contributed by atoms with E-state index in [1.54, 1.807) is 6.92 Å². The van der Waals surface area contributed by atoms with Crippen LogP contribution in [0.15, 0.2) is 35.5 Å². The molecule has 0 saturated carbocycles. The van der Waals surface area contributed by atoms with Crippen molar-refractivity contribution in [3.05, 3.63) is 46.7 Å². The highest BCUT2D eigenvalue weighted by atomic mass is 35.5. The summed E-state index contributed by atoms with van der Waals surface area (Å²) >= 11 is 7.20. The molecular weight excluding hydrogens is 364 g/mol. The number of fused-ring (bicyclic) bond motifs is 1. The van der Waals surface area contributed by atoms with Crippen LogP contribution in [0.4, 0.5) is 0 Å². The van der Waals surface area contributed by atoms with Gasteiger partial charge in [-0.3, -0.25) is 14.5 Å². The minimum Gasteiger partial charge on any atom is -0.477 e. The molecule has 0 aliphatic carbocycles. The van der Waals surface area contributed by atoms with Gasteiger partial charge in [0.15, 0.2) is 0 Å². The zero-order chi connectivity index (χ0) is 18.1. The normalized spacial score (nSPS) is 22.3. The fourth-order valence-electron chi connectivity index (χ4n) is 2.93. The lowest BCUT2D eigenvalue weighted by Crippen LogP contribution is -2.70. The van der Waals surface area contributed by atoms with Crippen LogP contribution in [0.1, 0.15) is 18.1 Å². The Morgan fingerprint density at radius 3 is 2.56 bits per heavy atom. The van der Waals surface area contributed by atoms with Crippen LogP contribution in [0.3, 0.4) is 0 Å². The van der Waals surface area contributed by atoms with Crippen LogP contribution in [0.2, 0.25) is 0 Å². The van der Waals surface area contributed by atoms with Crippen molar-refractivity contribution in [3.63, 3.8) is 0 Å². The van der Waals surface area contributed by atoms with Crippen molar-refractivity contribution in [1.82, 2.24) is 10.2 Å². The summed E-state index contributed by atoms with van der Waals surface area (Å²) in [5, 5.41) is 11.7. The second-order valence-electron chi connectivity index (χ2n) is 6.02. The molecule has 8 heteroatoms. The third kappa shape index (κ3) is 3.39. The highest BCUT2D eigenvalue weighted by Gasteiger charge is 2.53. The maximum absolute atomic E-state index is 12.3. The lowest BCUT2D eigenvalue weighted by Gasteiger charge is -2.49. The number of β-lactam (4-membered cyclic amide) rings is 1. The molecule has 1 fully saturated rings. The number of nitrogens with zero attached hydrogens (tertiary/aromatic N) is 1. The second-order valence-corrected chi connectivity index (χ2v) is 7.39. The summed E-state index contributed by atoms with van der Waals surface area (Å²) in [7, 11) is 0. The monoisotopic (exact) mass is 380 g/mol. The minimum absolute atomic E-state index is 0.0379.